The van der Waals surface area contributed by atoms with Crippen LogP contribution in [0, 0.1) is 5.82 Å². The fraction of sp³-hybridized carbons (Fsp3) is 0.368. The number of rotatable bonds is 5. The fourth-order valence-electron chi connectivity index (χ4n) is 2.94. The van der Waals surface area contributed by atoms with Crippen LogP contribution in [0.1, 0.15) is 23.0 Å². The zero-order valence-corrected chi connectivity index (χ0v) is 14.4. The maximum Gasteiger partial charge on any atom is 0.270 e. The third-order valence-electron chi connectivity index (χ3n) is 4.53. The van der Waals surface area contributed by atoms with Crippen LogP contribution >= 0.6 is 0 Å². The number of aromatic nitrogens is 1. The monoisotopic (exact) mass is 342 g/mol. The third kappa shape index (κ3) is 4.54. The van der Waals surface area contributed by atoms with E-state index in [0.29, 0.717) is 12.2 Å². The van der Waals surface area contributed by atoms with Gasteiger partial charge in [0, 0.05) is 44.6 Å². The highest BCUT2D eigenvalue weighted by atomic mass is 19.1. The number of anilines is 1. The lowest BCUT2D eigenvalue weighted by Crippen LogP contribution is -2.46. The minimum absolute atomic E-state index is 0.224. The van der Waals surface area contributed by atoms with Crippen molar-refractivity contribution >= 4 is 11.6 Å². The summed E-state index contributed by atoms with van der Waals surface area (Å²) in [6, 6.07) is 9.87. The summed E-state index contributed by atoms with van der Waals surface area (Å²) in [4.78, 5) is 21.2. The Morgan fingerprint density at radius 1 is 1.16 bits per heavy atom. The van der Waals surface area contributed by atoms with Crippen LogP contribution in [0.25, 0.3) is 0 Å². The van der Waals surface area contributed by atoms with Crippen LogP contribution < -0.4 is 10.2 Å². The van der Waals surface area contributed by atoms with E-state index < -0.39 is 0 Å². The highest BCUT2D eigenvalue weighted by Crippen LogP contribution is 2.17. The summed E-state index contributed by atoms with van der Waals surface area (Å²) in [6.07, 6.45) is 1.67. The van der Waals surface area contributed by atoms with Crippen LogP contribution in [-0.2, 0) is 6.54 Å². The van der Waals surface area contributed by atoms with Gasteiger partial charge in [-0.25, -0.2) is 4.39 Å². The predicted octanol–water partition coefficient (Wildman–Crippen LogP) is 2.29. The lowest BCUT2D eigenvalue weighted by molar-refractivity contribution is 0.0946. The van der Waals surface area contributed by atoms with E-state index in [-0.39, 0.29) is 11.7 Å². The first kappa shape index (κ1) is 17.4. The quantitative estimate of drug-likeness (QED) is 0.906. The molecule has 1 aliphatic heterocycles. The molecule has 1 aliphatic rings. The molecule has 0 unspecified atom stereocenters. The Hall–Kier alpha value is -2.47. The van der Waals surface area contributed by atoms with Gasteiger partial charge in [0.15, 0.2) is 0 Å². The van der Waals surface area contributed by atoms with Gasteiger partial charge < -0.3 is 15.1 Å². The molecule has 132 valence electrons. The smallest absolute Gasteiger partial charge is 0.270 e. The summed E-state index contributed by atoms with van der Waals surface area (Å²) in [6.45, 7) is 7.56. The summed E-state index contributed by atoms with van der Waals surface area (Å²) in [7, 11) is 0. The Balaban J connectivity index is 1.60. The second kappa shape index (κ2) is 8.07. The van der Waals surface area contributed by atoms with Crippen LogP contribution in [0.15, 0.2) is 42.6 Å². The molecule has 0 bridgehead atoms. The predicted molar refractivity (Wildman–Crippen MR) is 96.1 cm³/mol. The van der Waals surface area contributed by atoms with Crippen molar-refractivity contribution in [2.24, 2.45) is 0 Å². The average molecular weight is 342 g/mol. The van der Waals surface area contributed by atoms with Crippen molar-refractivity contribution in [3.8, 4) is 0 Å². The van der Waals surface area contributed by atoms with Crippen LogP contribution in [0.4, 0.5) is 10.1 Å². The Morgan fingerprint density at radius 3 is 2.56 bits per heavy atom. The number of amides is 1. The number of halogens is 1. The SMILES string of the molecule is CCN1CCN(c2ccnc(C(=O)NCc3ccc(F)cc3)c2)CC1. The standard InChI is InChI=1S/C19H23FN4O/c1-2-23-9-11-24(12-10-23)17-7-8-21-18(13-17)19(25)22-14-15-3-5-16(20)6-4-15/h3-8,13H,2,9-12,14H2,1H3,(H,22,25). The molecule has 1 aromatic heterocycles. The van der Waals surface area contributed by atoms with E-state index in [1.54, 1.807) is 18.3 Å². The van der Waals surface area contributed by atoms with E-state index in [9.17, 15) is 9.18 Å². The molecule has 25 heavy (non-hydrogen) atoms. The molecule has 0 atom stereocenters. The van der Waals surface area contributed by atoms with Crippen molar-refractivity contribution in [2.45, 2.75) is 13.5 Å². The van der Waals surface area contributed by atoms with Crippen molar-refractivity contribution in [3.05, 3.63) is 59.7 Å². The van der Waals surface area contributed by atoms with Gasteiger partial charge in [0.1, 0.15) is 11.5 Å². The largest absolute Gasteiger partial charge is 0.369 e. The van der Waals surface area contributed by atoms with Gasteiger partial charge in [0.2, 0.25) is 0 Å². The lowest BCUT2D eigenvalue weighted by Gasteiger charge is -2.35. The number of likely N-dealkylation sites (N-methyl/N-ethyl adjacent to an activating group) is 1. The van der Waals surface area contributed by atoms with Crippen LogP contribution in [-0.4, -0.2) is 48.5 Å². The van der Waals surface area contributed by atoms with Crippen molar-refractivity contribution in [2.75, 3.05) is 37.6 Å². The van der Waals surface area contributed by atoms with E-state index in [2.05, 4.69) is 27.0 Å². The molecular formula is C19H23FN4O. The van der Waals surface area contributed by atoms with Gasteiger partial charge in [-0.2, -0.15) is 0 Å². The maximum atomic E-state index is 12.9. The van der Waals surface area contributed by atoms with Gasteiger partial charge in [0.25, 0.3) is 5.91 Å². The molecule has 0 aliphatic carbocycles. The number of benzene rings is 1. The second-order valence-corrected chi connectivity index (χ2v) is 6.13. The molecule has 1 saturated heterocycles. The second-order valence-electron chi connectivity index (χ2n) is 6.13. The Morgan fingerprint density at radius 2 is 1.88 bits per heavy atom. The van der Waals surface area contributed by atoms with Crippen molar-refractivity contribution in [3.63, 3.8) is 0 Å². The summed E-state index contributed by atoms with van der Waals surface area (Å²) >= 11 is 0. The van der Waals surface area contributed by atoms with Crippen molar-refractivity contribution in [1.82, 2.24) is 15.2 Å². The number of hydrogen-bond donors (Lipinski definition) is 1. The van der Waals surface area contributed by atoms with Crippen molar-refractivity contribution in [1.29, 1.82) is 0 Å². The molecule has 3 rings (SSSR count). The summed E-state index contributed by atoms with van der Waals surface area (Å²) < 4.78 is 12.9. The number of nitrogens with one attached hydrogen (secondary N) is 1. The molecule has 1 fully saturated rings. The van der Waals surface area contributed by atoms with E-state index in [0.717, 1.165) is 44.0 Å². The minimum Gasteiger partial charge on any atom is -0.369 e. The molecule has 0 saturated carbocycles. The Bertz CT molecular complexity index is 712. The molecule has 1 amide bonds. The fourth-order valence-corrected chi connectivity index (χ4v) is 2.94. The zero-order chi connectivity index (χ0) is 17.6. The van der Waals surface area contributed by atoms with Gasteiger partial charge in [0.05, 0.1) is 0 Å². The molecule has 0 spiro atoms. The average Bonchev–Trinajstić information content (AvgIpc) is 2.67. The molecule has 5 nitrogen and oxygen atoms in total. The van der Waals surface area contributed by atoms with E-state index in [1.165, 1.54) is 12.1 Å². The van der Waals surface area contributed by atoms with E-state index in [4.69, 9.17) is 0 Å². The number of pyridine rings is 1. The third-order valence-corrected chi connectivity index (χ3v) is 4.53. The van der Waals surface area contributed by atoms with Gasteiger partial charge in [-0.15, -0.1) is 0 Å². The topological polar surface area (TPSA) is 48.5 Å². The number of piperazine rings is 1. The number of carbonyl (C=O) groups excluding carboxylic acids is 1. The molecular weight excluding hydrogens is 319 g/mol. The first-order chi connectivity index (χ1) is 12.2. The van der Waals surface area contributed by atoms with Gasteiger partial charge >= 0.3 is 0 Å². The summed E-state index contributed by atoms with van der Waals surface area (Å²) in [5.74, 6) is -0.508. The van der Waals surface area contributed by atoms with Gasteiger partial charge in [-0.3, -0.25) is 9.78 Å². The Labute approximate surface area is 147 Å². The molecule has 2 aromatic rings. The number of hydrogen-bond acceptors (Lipinski definition) is 4. The number of nitrogens with zero attached hydrogens (tertiary/aromatic N) is 3. The van der Waals surface area contributed by atoms with E-state index in [1.807, 2.05) is 12.1 Å². The zero-order valence-electron chi connectivity index (χ0n) is 14.4. The van der Waals surface area contributed by atoms with Crippen LogP contribution in [0.3, 0.4) is 0 Å². The minimum atomic E-state index is -0.285. The maximum absolute atomic E-state index is 12.9. The normalized spacial score (nSPS) is 15.2. The molecule has 6 heteroatoms. The first-order valence-corrected chi connectivity index (χ1v) is 8.61. The molecule has 2 heterocycles. The van der Waals surface area contributed by atoms with Gasteiger partial charge in [-0.05, 0) is 36.4 Å². The highest BCUT2D eigenvalue weighted by Gasteiger charge is 2.17. The number of carbonyl (C=O) groups is 1. The molecule has 1 N–H and O–H groups in total. The lowest BCUT2D eigenvalue weighted by atomic mass is 10.2. The summed E-state index contributed by atoms with van der Waals surface area (Å²) in [5, 5.41) is 2.83. The van der Waals surface area contributed by atoms with Crippen LogP contribution in [0.2, 0.25) is 0 Å². The Kier molecular flexibility index (Phi) is 5.60. The van der Waals surface area contributed by atoms with Crippen molar-refractivity contribution < 1.29 is 9.18 Å². The van der Waals surface area contributed by atoms with E-state index >= 15 is 0 Å². The highest BCUT2D eigenvalue weighted by molar-refractivity contribution is 5.93. The first-order valence-electron chi connectivity index (χ1n) is 8.61. The molecule has 1 aromatic carbocycles. The molecule has 0 radical (unpaired) electrons. The van der Waals surface area contributed by atoms with Gasteiger partial charge in [-0.1, -0.05) is 19.1 Å². The van der Waals surface area contributed by atoms with Crippen LogP contribution in [0.5, 0.6) is 0 Å². The summed E-state index contributed by atoms with van der Waals surface area (Å²) in [5.41, 5.74) is 2.27.